The molecule has 0 radical (unpaired) electrons. The van der Waals surface area contributed by atoms with E-state index in [1.807, 2.05) is 18.2 Å². The van der Waals surface area contributed by atoms with Crippen LogP contribution in [0.3, 0.4) is 0 Å². The van der Waals surface area contributed by atoms with Crippen molar-refractivity contribution >= 4 is 11.8 Å². The number of anilines is 2. The molecule has 182 valence electrons. The zero-order valence-corrected chi connectivity index (χ0v) is 19.6. The van der Waals surface area contributed by atoms with Gasteiger partial charge in [0.2, 0.25) is 5.88 Å². The van der Waals surface area contributed by atoms with Crippen LogP contribution in [0, 0.1) is 0 Å². The fourth-order valence-electron chi connectivity index (χ4n) is 4.30. The second-order valence-corrected chi connectivity index (χ2v) is 8.54. The number of hydrogen-bond acceptors (Lipinski definition) is 9. The molecule has 1 N–H and O–H groups in total. The molecule has 0 atom stereocenters. The second kappa shape index (κ2) is 9.99. The zero-order chi connectivity index (χ0) is 24.2. The van der Waals surface area contributed by atoms with Crippen LogP contribution in [-0.2, 0) is 22.4 Å². The maximum absolute atomic E-state index is 6.14. The molecule has 3 aromatic rings. The molecule has 6 rings (SSSR count). The van der Waals surface area contributed by atoms with Gasteiger partial charge in [-0.2, -0.15) is 0 Å². The fourth-order valence-corrected chi connectivity index (χ4v) is 4.30. The minimum Gasteiger partial charge on any atom is -0.493 e. The number of benzene rings is 1. The average Bonchev–Trinajstić information content (AvgIpc) is 3.62. The van der Waals surface area contributed by atoms with Crippen molar-refractivity contribution in [3.63, 3.8) is 0 Å². The molecule has 0 bridgehead atoms. The van der Waals surface area contributed by atoms with Crippen molar-refractivity contribution in [3.8, 4) is 17.2 Å². The Morgan fingerprint density at radius 1 is 1.08 bits per heavy atom. The Hall–Kier alpha value is -4.53. The maximum Gasteiger partial charge on any atom is 0.325 e. The van der Waals surface area contributed by atoms with Gasteiger partial charge in [-0.1, -0.05) is 35.5 Å². The highest BCUT2D eigenvalue weighted by Gasteiger charge is 2.24. The molecule has 0 saturated carbocycles. The summed E-state index contributed by atoms with van der Waals surface area (Å²) in [4.78, 5) is 6.33. The molecular weight excluding hydrogens is 458 g/mol. The lowest BCUT2D eigenvalue weighted by Gasteiger charge is -2.24. The van der Waals surface area contributed by atoms with E-state index in [1.165, 1.54) is 29.9 Å². The standard InChI is InChI=1S/C27H25N5O4/c1-2-5-19(6-3-1)17-32(24-18-33-13-14-35-24)27-31-30-26(36-27)22-7-4-11-28-25(22)29-16-20-8-9-23-21(15-20)10-12-34-23/h1-2,4-5,7-9,11,13-15,18H,3,6,10,12,16-17H2,(H,28,29). The van der Waals surface area contributed by atoms with Crippen molar-refractivity contribution in [1.29, 1.82) is 0 Å². The van der Waals surface area contributed by atoms with Crippen molar-refractivity contribution in [3.05, 3.63) is 96.1 Å². The molecule has 0 unspecified atom stereocenters. The molecule has 9 heteroatoms. The smallest absolute Gasteiger partial charge is 0.325 e. The Morgan fingerprint density at radius 2 is 2.08 bits per heavy atom. The van der Waals surface area contributed by atoms with Crippen LogP contribution in [-0.4, -0.2) is 28.3 Å². The van der Waals surface area contributed by atoms with Crippen LogP contribution < -0.4 is 15.0 Å². The second-order valence-electron chi connectivity index (χ2n) is 8.54. The van der Waals surface area contributed by atoms with Crippen LogP contribution in [0.1, 0.15) is 24.0 Å². The van der Waals surface area contributed by atoms with Crippen LogP contribution in [0.15, 0.2) is 89.4 Å². The first-order valence-electron chi connectivity index (χ1n) is 11.9. The SMILES string of the molecule is C1=CCCC(CN(C2=COC=CO2)c2nnc(-c3cccnc3NCc3ccc4c(c3)CCO4)o2)=C1. The quantitative estimate of drug-likeness (QED) is 0.471. The van der Waals surface area contributed by atoms with Crippen molar-refractivity contribution in [2.24, 2.45) is 0 Å². The van der Waals surface area contributed by atoms with Crippen molar-refractivity contribution in [2.75, 3.05) is 23.4 Å². The van der Waals surface area contributed by atoms with Crippen LogP contribution >= 0.6 is 0 Å². The number of hydrogen-bond donors (Lipinski definition) is 1. The van der Waals surface area contributed by atoms with Gasteiger partial charge >= 0.3 is 6.01 Å². The number of pyridine rings is 1. The van der Waals surface area contributed by atoms with Gasteiger partial charge in [-0.3, -0.25) is 4.90 Å². The van der Waals surface area contributed by atoms with Crippen LogP contribution in [0.4, 0.5) is 11.8 Å². The Balaban J connectivity index is 1.24. The summed E-state index contributed by atoms with van der Waals surface area (Å²) in [7, 11) is 0. The van der Waals surface area contributed by atoms with E-state index in [9.17, 15) is 0 Å². The Labute approximate surface area is 208 Å². The van der Waals surface area contributed by atoms with E-state index in [-0.39, 0.29) is 0 Å². The Kier molecular flexibility index (Phi) is 6.10. The van der Waals surface area contributed by atoms with Gasteiger partial charge in [-0.15, -0.1) is 5.10 Å². The third-order valence-corrected chi connectivity index (χ3v) is 6.12. The van der Waals surface area contributed by atoms with Gasteiger partial charge in [0, 0.05) is 19.2 Å². The summed E-state index contributed by atoms with van der Waals surface area (Å²) in [6.07, 6.45) is 15.4. The molecule has 2 aliphatic heterocycles. The zero-order valence-electron chi connectivity index (χ0n) is 19.6. The van der Waals surface area contributed by atoms with Crippen LogP contribution in [0.5, 0.6) is 5.75 Å². The van der Waals surface area contributed by atoms with Crippen LogP contribution in [0.2, 0.25) is 0 Å². The number of nitrogens with one attached hydrogen (secondary N) is 1. The molecule has 36 heavy (non-hydrogen) atoms. The summed E-state index contributed by atoms with van der Waals surface area (Å²) in [6, 6.07) is 10.3. The predicted molar refractivity (Wildman–Crippen MR) is 134 cm³/mol. The van der Waals surface area contributed by atoms with E-state index in [1.54, 1.807) is 11.1 Å². The molecule has 4 heterocycles. The first-order chi connectivity index (χ1) is 17.8. The summed E-state index contributed by atoms with van der Waals surface area (Å²) in [5.41, 5.74) is 4.33. The highest BCUT2D eigenvalue weighted by molar-refractivity contribution is 5.69. The molecule has 9 nitrogen and oxygen atoms in total. The number of allylic oxidation sites excluding steroid dienone is 3. The minimum atomic E-state index is 0.305. The average molecular weight is 484 g/mol. The number of aromatic nitrogens is 3. The lowest BCUT2D eigenvalue weighted by molar-refractivity contribution is 0.245. The Morgan fingerprint density at radius 3 is 2.97 bits per heavy atom. The van der Waals surface area contributed by atoms with Crippen LogP contribution in [0.25, 0.3) is 11.5 Å². The maximum atomic E-state index is 6.14. The highest BCUT2D eigenvalue weighted by atomic mass is 16.5. The lowest BCUT2D eigenvalue weighted by Crippen LogP contribution is -2.27. The lowest BCUT2D eigenvalue weighted by atomic mass is 10.1. The van der Waals surface area contributed by atoms with Gasteiger partial charge in [0.25, 0.3) is 5.89 Å². The number of rotatable bonds is 8. The van der Waals surface area contributed by atoms with Gasteiger partial charge in [-0.05, 0) is 47.7 Å². The topological polar surface area (TPSA) is 94.8 Å². The summed E-state index contributed by atoms with van der Waals surface area (Å²) < 4.78 is 22.7. The number of ether oxygens (including phenoxy) is 3. The number of fused-ring (bicyclic) bond motifs is 1. The molecule has 0 amide bonds. The molecule has 0 fully saturated rings. The third-order valence-electron chi connectivity index (χ3n) is 6.12. The van der Waals surface area contributed by atoms with Gasteiger partial charge in [-0.25, -0.2) is 4.98 Å². The predicted octanol–water partition coefficient (Wildman–Crippen LogP) is 5.08. The monoisotopic (exact) mass is 483 g/mol. The van der Waals surface area contributed by atoms with E-state index < -0.39 is 0 Å². The van der Waals surface area contributed by atoms with Crippen molar-refractivity contribution < 1.29 is 18.6 Å². The molecule has 0 saturated heterocycles. The fraction of sp³-hybridized carbons (Fsp3) is 0.222. The summed E-state index contributed by atoms with van der Waals surface area (Å²) in [5.74, 6) is 2.46. The summed E-state index contributed by atoms with van der Waals surface area (Å²) in [5, 5.41) is 12.1. The molecule has 1 aromatic carbocycles. The van der Waals surface area contributed by atoms with Gasteiger partial charge in [0.15, 0.2) is 6.26 Å². The normalized spacial score (nSPS) is 15.8. The van der Waals surface area contributed by atoms with Gasteiger partial charge < -0.3 is 23.9 Å². The molecule has 0 spiro atoms. The van der Waals surface area contributed by atoms with E-state index in [2.05, 4.69) is 50.9 Å². The highest BCUT2D eigenvalue weighted by Crippen LogP contribution is 2.31. The van der Waals surface area contributed by atoms with Gasteiger partial charge in [0.05, 0.1) is 18.7 Å². The van der Waals surface area contributed by atoms with Crippen molar-refractivity contribution in [1.82, 2.24) is 15.2 Å². The third kappa shape index (κ3) is 4.68. The minimum absolute atomic E-state index is 0.305. The molecule has 1 aliphatic carbocycles. The molecular formula is C27H25N5O4. The summed E-state index contributed by atoms with van der Waals surface area (Å²) in [6.45, 7) is 1.89. The largest absolute Gasteiger partial charge is 0.493 e. The van der Waals surface area contributed by atoms with E-state index in [0.717, 1.165) is 42.7 Å². The van der Waals surface area contributed by atoms with Gasteiger partial charge in [0.1, 0.15) is 24.1 Å². The molecule has 2 aromatic heterocycles. The van der Waals surface area contributed by atoms with E-state index >= 15 is 0 Å². The van der Waals surface area contributed by atoms with E-state index in [0.29, 0.717) is 36.7 Å². The Bertz CT molecular complexity index is 1370. The first-order valence-corrected chi connectivity index (χ1v) is 11.9. The molecule has 3 aliphatic rings. The first kappa shape index (κ1) is 22.0. The van der Waals surface area contributed by atoms with E-state index in [4.69, 9.17) is 18.6 Å². The summed E-state index contributed by atoms with van der Waals surface area (Å²) >= 11 is 0. The number of nitrogens with zero attached hydrogens (tertiary/aromatic N) is 4. The van der Waals surface area contributed by atoms with Crippen molar-refractivity contribution in [2.45, 2.75) is 25.8 Å².